The van der Waals surface area contributed by atoms with Crippen LogP contribution in [0, 0.1) is 17.5 Å². The van der Waals surface area contributed by atoms with E-state index in [0.717, 1.165) is 28.7 Å². The number of halogens is 1. The van der Waals surface area contributed by atoms with Crippen LogP contribution in [0.4, 0.5) is 4.39 Å². The van der Waals surface area contributed by atoms with Crippen molar-refractivity contribution < 1.29 is 4.39 Å². The van der Waals surface area contributed by atoms with Crippen molar-refractivity contribution in [1.29, 1.82) is 0 Å². The highest BCUT2D eigenvalue weighted by atomic mass is 32.1. The smallest absolute Gasteiger partial charge is 0.179 e. The maximum atomic E-state index is 13.0. The Labute approximate surface area is 127 Å². The molecule has 0 amide bonds. The van der Waals surface area contributed by atoms with E-state index in [2.05, 4.69) is 16.9 Å². The average molecular weight is 301 g/mol. The van der Waals surface area contributed by atoms with Crippen LogP contribution in [0.2, 0.25) is 0 Å². The lowest BCUT2D eigenvalue weighted by Crippen LogP contribution is -2.09. The fourth-order valence-electron chi connectivity index (χ4n) is 2.58. The molecule has 2 aromatic heterocycles. The number of aryl methyl sites for hydroxylation is 1. The van der Waals surface area contributed by atoms with E-state index < -0.39 is 0 Å². The van der Waals surface area contributed by atoms with Crippen molar-refractivity contribution in [2.24, 2.45) is 0 Å². The summed E-state index contributed by atoms with van der Waals surface area (Å²) in [6, 6.07) is 8.77. The van der Waals surface area contributed by atoms with Crippen molar-refractivity contribution in [1.82, 2.24) is 14.5 Å². The van der Waals surface area contributed by atoms with E-state index in [-0.39, 0.29) is 11.9 Å². The molecular formula is C16H16FN3S. The van der Waals surface area contributed by atoms with E-state index in [4.69, 9.17) is 12.2 Å². The van der Waals surface area contributed by atoms with E-state index in [0.29, 0.717) is 4.77 Å². The first-order chi connectivity index (χ1) is 10.0. The molecule has 5 heteroatoms. The molecule has 0 saturated heterocycles. The largest absolute Gasteiger partial charge is 0.329 e. The molecule has 2 heterocycles. The molecule has 0 aliphatic carbocycles. The van der Waals surface area contributed by atoms with Crippen molar-refractivity contribution in [2.75, 3.05) is 0 Å². The van der Waals surface area contributed by atoms with Gasteiger partial charge in [0.25, 0.3) is 0 Å². The number of imidazole rings is 1. The number of H-pyrrole nitrogens is 1. The van der Waals surface area contributed by atoms with Crippen molar-refractivity contribution in [3.63, 3.8) is 0 Å². The fourth-order valence-corrected chi connectivity index (χ4v) is 2.96. The van der Waals surface area contributed by atoms with Gasteiger partial charge in [-0.2, -0.15) is 0 Å². The normalized spacial score (nSPS) is 12.7. The predicted octanol–water partition coefficient (Wildman–Crippen LogP) is 4.35. The Balaban J connectivity index is 1.97. The standard InChI is InChI=1S/C16H16FN3S/c1-10-7-14-15(18-9-10)20(16(21)19-14)11(2)8-12-3-5-13(17)6-4-12/h3-7,9,11H,8H2,1-2H3,(H,19,21). The van der Waals surface area contributed by atoms with E-state index in [9.17, 15) is 4.39 Å². The zero-order valence-electron chi connectivity index (χ0n) is 11.9. The summed E-state index contributed by atoms with van der Waals surface area (Å²) in [5.74, 6) is -0.216. The van der Waals surface area contributed by atoms with Crippen LogP contribution in [-0.4, -0.2) is 14.5 Å². The van der Waals surface area contributed by atoms with Crippen LogP contribution < -0.4 is 0 Å². The molecule has 0 bridgehead atoms. The minimum atomic E-state index is -0.216. The van der Waals surface area contributed by atoms with Gasteiger partial charge in [-0.3, -0.25) is 4.57 Å². The summed E-state index contributed by atoms with van der Waals surface area (Å²) in [4.78, 5) is 7.68. The summed E-state index contributed by atoms with van der Waals surface area (Å²) in [5.41, 5.74) is 3.98. The van der Waals surface area contributed by atoms with Gasteiger partial charge in [0.2, 0.25) is 0 Å². The van der Waals surface area contributed by atoms with Crippen LogP contribution >= 0.6 is 12.2 Å². The first-order valence-electron chi connectivity index (χ1n) is 6.86. The summed E-state index contributed by atoms with van der Waals surface area (Å²) in [6.45, 7) is 4.09. The monoisotopic (exact) mass is 301 g/mol. The lowest BCUT2D eigenvalue weighted by molar-refractivity contribution is 0.548. The molecule has 0 aliphatic rings. The van der Waals surface area contributed by atoms with Gasteiger partial charge in [0.15, 0.2) is 10.4 Å². The molecule has 3 nitrogen and oxygen atoms in total. The van der Waals surface area contributed by atoms with Crippen LogP contribution in [0.5, 0.6) is 0 Å². The number of fused-ring (bicyclic) bond motifs is 1. The maximum Gasteiger partial charge on any atom is 0.179 e. The molecule has 21 heavy (non-hydrogen) atoms. The van der Waals surface area contributed by atoms with Gasteiger partial charge < -0.3 is 4.98 Å². The second-order valence-electron chi connectivity index (χ2n) is 5.36. The quantitative estimate of drug-likeness (QED) is 0.730. The molecule has 3 aromatic rings. The minimum absolute atomic E-state index is 0.145. The highest BCUT2D eigenvalue weighted by molar-refractivity contribution is 7.71. The number of aromatic nitrogens is 3. The molecule has 0 aliphatic heterocycles. The summed E-state index contributed by atoms with van der Waals surface area (Å²) in [6.07, 6.45) is 2.61. The van der Waals surface area contributed by atoms with Gasteiger partial charge in [0, 0.05) is 12.2 Å². The second-order valence-corrected chi connectivity index (χ2v) is 5.75. The SMILES string of the molecule is Cc1cnc2c(c1)[nH]c(=S)n2C(C)Cc1ccc(F)cc1. The third-order valence-corrected chi connectivity index (χ3v) is 3.88. The van der Waals surface area contributed by atoms with Gasteiger partial charge in [0.05, 0.1) is 5.52 Å². The zero-order chi connectivity index (χ0) is 15.0. The third-order valence-electron chi connectivity index (χ3n) is 3.58. The van der Waals surface area contributed by atoms with Crippen molar-refractivity contribution in [3.05, 3.63) is 58.2 Å². The fraction of sp³-hybridized carbons (Fsp3) is 0.250. The number of rotatable bonds is 3. The Morgan fingerprint density at radius 1 is 1.33 bits per heavy atom. The van der Waals surface area contributed by atoms with Gasteiger partial charge in [-0.1, -0.05) is 12.1 Å². The van der Waals surface area contributed by atoms with Gasteiger partial charge >= 0.3 is 0 Å². The van der Waals surface area contributed by atoms with Crippen LogP contribution in [-0.2, 0) is 6.42 Å². The van der Waals surface area contributed by atoms with E-state index >= 15 is 0 Å². The molecule has 0 radical (unpaired) electrons. The predicted molar refractivity (Wildman–Crippen MR) is 84.5 cm³/mol. The van der Waals surface area contributed by atoms with Crippen molar-refractivity contribution >= 4 is 23.4 Å². The maximum absolute atomic E-state index is 13.0. The topological polar surface area (TPSA) is 33.6 Å². The number of aromatic amines is 1. The third kappa shape index (κ3) is 2.74. The summed E-state index contributed by atoms with van der Waals surface area (Å²) >= 11 is 5.42. The first-order valence-corrected chi connectivity index (χ1v) is 7.27. The molecule has 1 N–H and O–H groups in total. The highest BCUT2D eigenvalue weighted by Crippen LogP contribution is 2.21. The zero-order valence-corrected chi connectivity index (χ0v) is 12.7. The number of hydrogen-bond donors (Lipinski definition) is 1. The minimum Gasteiger partial charge on any atom is -0.329 e. The second kappa shape index (κ2) is 5.41. The molecule has 0 spiro atoms. The Kier molecular flexibility index (Phi) is 3.59. The summed E-state index contributed by atoms with van der Waals surface area (Å²) < 4.78 is 15.7. The van der Waals surface area contributed by atoms with Gasteiger partial charge in [-0.05, 0) is 61.8 Å². The van der Waals surface area contributed by atoms with Crippen LogP contribution in [0.15, 0.2) is 36.5 Å². The summed E-state index contributed by atoms with van der Waals surface area (Å²) in [5, 5.41) is 0. The van der Waals surface area contributed by atoms with Crippen molar-refractivity contribution in [2.45, 2.75) is 26.3 Å². The Morgan fingerprint density at radius 3 is 2.76 bits per heavy atom. The average Bonchev–Trinajstić information content (AvgIpc) is 2.76. The van der Waals surface area contributed by atoms with Crippen LogP contribution in [0.25, 0.3) is 11.2 Å². The number of pyridine rings is 1. The Bertz CT molecular complexity index is 833. The van der Waals surface area contributed by atoms with E-state index in [1.54, 1.807) is 0 Å². The number of nitrogens with one attached hydrogen (secondary N) is 1. The van der Waals surface area contributed by atoms with Crippen molar-refractivity contribution in [3.8, 4) is 0 Å². The molecule has 1 unspecified atom stereocenters. The lowest BCUT2D eigenvalue weighted by atomic mass is 10.1. The molecular weight excluding hydrogens is 285 g/mol. The number of benzene rings is 1. The van der Waals surface area contributed by atoms with Gasteiger partial charge in [-0.15, -0.1) is 0 Å². The lowest BCUT2D eigenvalue weighted by Gasteiger charge is -2.14. The Morgan fingerprint density at radius 2 is 2.05 bits per heavy atom. The highest BCUT2D eigenvalue weighted by Gasteiger charge is 2.13. The molecule has 1 atom stereocenters. The van der Waals surface area contributed by atoms with E-state index in [1.165, 1.54) is 12.1 Å². The number of hydrogen-bond acceptors (Lipinski definition) is 2. The van der Waals surface area contributed by atoms with Crippen LogP contribution in [0.1, 0.15) is 24.1 Å². The molecule has 108 valence electrons. The summed E-state index contributed by atoms with van der Waals surface area (Å²) in [7, 11) is 0. The van der Waals surface area contributed by atoms with Gasteiger partial charge in [-0.25, -0.2) is 9.37 Å². The van der Waals surface area contributed by atoms with Gasteiger partial charge in [0.1, 0.15) is 5.82 Å². The molecule has 1 aromatic carbocycles. The Hall–Kier alpha value is -2.01. The molecule has 0 fully saturated rings. The molecule has 0 saturated carbocycles. The first kappa shape index (κ1) is 13.9. The number of nitrogens with zero attached hydrogens (tertiary/aromatic N) is 2. The van der Waals surface area contributed by atoms with E-state index in [1.807, 2.05) is 35.9 Å². The van der Waals surface area contributed by atoms with Crippen LogP contribution in [0.3, 0.4) is 0 Å². The molecule has 3 rings (SSSR count).